The molecule has 3 rings (SSSR count). The van der Waals surface area contributed by atoms with E-state index >= 15 is 0 Å². The fourth-order valence-electron chi connectivity index (χ4n) is 3.50. The van der Waals surface area contributed by atoms with Crippen LogP contribution in [0, 0.1) is 5.82 Å². The third-order valence-corrected chi connectivity index (χ3v) is 5.09. The predicted molar refractivity (Wildman–Crippen MR) is 109 cm³/mol. The Labute approximate surface area is 165 Å². The Hall–Kier alpha value is -2.89. The van der Waals surface area contributed by atoms with Gasteiger partial charge in [0.2, 0.25) is 0 Å². The number of hydrogen-bond acceptors (Lipinski definition) is 3. The number of hydrogen-bond donors (Lipinski definition) is 1. The molecule has 0 saturated carbocycles. The molecule has 2 aromatic carbocycles. The average molecular weight is 383 g/mol. The molecule has 2 amide bonds. The van der Waals surface area contributed by atoms with Gasteiger partial charge < -0.3 is 15.1 Å². The molecular weight excluding hydrogens is 357 g/mol. The van der Waals surface area contributed by atoms with Crippen LogP contribution in [0.4, 0.5) is 15.8 Å². The Balaban J connectivity index is 1.90. The highest BCUT2D eigenvalue weighted by atomic mass is 19.1. The van der Waals surface area contributed by atoms with Gasteiger partial charge in [0.05, 0.1) is 5.56 Å². The summed E-state index contributed by atoms with van der Waals surface area (Å²) in [4.78, 5) is 29.5. The van der Waals surface area contributed by atoms with Crippen LogP contribution in [-0.2, 0) is 0 Å². The second-order valence-corrected chi connectivity index (χ2v) is 6.86. The summed E-state index contributed by atoms with van der Waals surface area (Å²) < 4.78 is 13.1. The van der Waals surface area contributed by atoms with Crippen molar-refractivity contribution in [3.8, 4) is 0 Å². The first-order valence-electron chi connectivity index (χ1n) is 9.78. The van der Waals surface area contributed by atoms with Crippen molar-refractivity contribution in [3.05, 3.63) is 59.4 Å². The third kappa shape index (κ3) is 4.32. The van der Waals surface area contributed by atoms with Gasteiger partial charge in [-0.25, -0.2) is 4.39 Å². The van der Waals surface area contributed by atoms with Crippen LogP contribution in [0.15, 0.2) is 42.5 Å². The highest BCUT2D eigenvalue weighted by Crippen LogP contribution is 2.29. The second kappa shape index (κ2) is 8.87. The molecule has 5 nitrogen and oxygen atoms in total. The molecule has 0 atom stereocenters. The largest absolute Gasteiger partial charge is 0.371 e. The zero-order valence-corrected chi connectivity index (χ0v) is 16.4. The standard InChI is InChI=1S/C22H26FN3O2/c1-3-25(4-2)22(28)19-15-18(11-12-20(19)26-13-5-6-14-26)24-21(27)16-7-9-17(23)10-8-16/h7-12,15H,3-6,13-14H2,1-2H3,(H,24,27). The van der Waals surface area contributed by atoms with E-state index in [2.05, 4.69) is 10.2 Å². The maximum absolute atomic E-state index is 13.1. The minimum Gasteiger partial charge on any atom is -0.371 e. The second-order valence-electron chi connectivity index (χ2n) is 6.86. The van der Waals surface area contributed by atoms with Crippen LogP contribution in [0.3, 0.4) is 0 Å². The third-order valence-electron chi connectivity index (χ3n) is 5.09. The molecule has 6 heteroatoms. The summed E-state index contributed by atoms with van der Waals surface area (Å²) in [5.41, 5.74) is 2.42. The molecule has 1 N–H and O–H groups in total. The lowest BCUT2D eigenvalue weighted by Gasteiger charge is -2.25. The van der Waals surface area contributed by atoms with Gasteiger partial charge in [-0.15, -0.1) is 0 Å². The van der Waals surface area contributed by atoms with Gasteiger partial charge in [0, 0.05) is 43.1 Å². The fraction of sp³-hybridized carbons (Fsp3) is 0.364. The lowest BCUT2D eigenvalue weighted by molar-refractivity contribution is 0.0773. The molecule has 1 aliphatic heterocycles. The van der Waals surface area contributed by atoms with E-state index in [1.165, 1.54) is 24.3 Å². The van der Waals surface area contributed by atoms with E-state index in [9.17, 15) is 14.0 Å². The minimum absolute atomic E-state index is 0.0372. The van der Waals surface area contributed by atoms with Crippen LogP contribution in [-0.4, -0.2) is 42.9 Å². The van der Waals surface area contributed by atoms with Gasteiger partial charge in [-0.1, -0.05) is 0 Å². The van der Waals surface area contributed by atoms with Crippen molar-refractivity contribution in [1.82, 2.24) is 4.90 Å². The normalized spacial score (nSPS) is 13.5. The average Bonchev–Trinajstić information content (AvgIpc) is 3.24. The Bertz CT molecular complexity index is 841. The maximum Gasteiger partial charge on any atom is 0.256 e. The summed E-state index contributed by atoms with van der Waals surface area (Å²) in [5, 5.41) is 2.82. The van der Waals surface area contributed by atoms with Crippen molar-refractivity contribution >= 4 is 23.2 Å². The number of anilines is 2. The molecule has 148 valence electrons. The Morgan fingerprint density at radius 2 is 1.68 bits per heavy atom. The molecule has 1 aliphatic rings. The van der Waals surface area contributed by atoms with E-state index in [1.807, 2.05) is 26.0 Å². The molecule has 0 aromatic heterocycles. The van der Waals surface area contributed by atoms with Crippen LogP contribution in [0.25, 0.3) is 0 Å². The first-order valence-corrected chi connectivity index (χ1v) is 9.78. The number of halogens is 1. The van der Waals surface area contributed by atoms with Gasteiger partial charge in [0.25, 0.3) is 11.8 Å². The highest BCUT2D eigenvalue weighted by molar-refractivity contribution is 6.06. The summed E-state index contributed by atoms with van der Waals surface area (Å²) in [6, 6.07) is 10.8. The summed E-state index contributed by atoms with van der Waals surface area (Å²) in [5.74, 6) is -0.765. The quantitative estimate of drug-likeness (QED) is 0.815. The lowest BCUT2D eigenvalue weighted by Crippen LogP contribution is -2.32. The van der Waals surface area contributed by atoms with E-state index in [4.69, 9.17) is 0 Å². The molecular formula is C22H26FN3O2. The van der Waals surface area contributed by atoms with Gasteiger partial charge >= 0.3 is 0 Å². The summed E-state index contributed by atoms with van der Waals surface area (Å²) in [6.45, 7) is 7.02. The molecule has 0 radical (unpaired) electrons. The summed E-state index contributed by atoms with van der Waals surface area (Å²) in [7, 11) is 0. The summed E-state index contributed by atoms with van der Waals surface area (Å²) >= 11 is 0. The molecule has 0 aliphatic carbocycles. The van der Waals surface area contributed by atoms with Crippen molar-refractivity contribution in [2.45, 2.75) is 26.7 Å². The van der Waals surface area contributed by atoms with Gasteiger partial charge in [0.1, 0.15) is 5.82 Å². The van der Waals surface area contributed by atoms with Gasteiger partial charge in [-0.05, 0) is 69.2 Å². The topological polar surface area (TPSA) is 52.7 Å². The van der Waals surface area contributed by atoms with Crippen LogP contribution in [0.2, 0.25) is 0 Å². The zero-order chi connectivity index (χ0) is 20.1. The zero-order valence-electron chi connectivity index (χ0n) is 16.4. The van der Waals surface area contributed by atoms with Crippen LogP contribution in [0.5, 0.6) is 0 Å². The van der Waals surface area contributed by atoms with Crippen LogP contribution in [0.1, 0.15) is 47.4 Å². The van der Waals surface area contributed by atoms with E-state index in [-0.39, 0.29) is 11.8 Å². The number of carbonyl (C=O) groups excluding carboxylic acids is 2. The van der Waals surface area contributed by atoms with E-state index in [0.717, 1.165) is 31.6 Å². The number of amides is 2. The Kier molecular flexibility index (Phi) is 6.29. The van der Waals surface area contributed by atoms with Gasteiger partial charge in [-0.3, -0.25) is 9.59 Å². The number of benzene rings is 2. The minimum atomic E-state index is -0.390. The van der Waals surface area contributed by atoms with Gasteiger partial charge in [-0.2, -0.15) is 0 Å². The molecule has 1 saturated heterocycles. The molecule has 28 heavy (non-hydrogen) atoms. The van der Waals surface area contributed by atoms with Crippen molar-refractivity contribution in [3.63, 3.8) is 0 Å². The first kappa shape index (κ1) is 19.9. The lowest BCUT2D eigenvalue weighted by atomic mass is 10.1. The van der Waals surface area contributed by atoms with Crippen molar-refractivity contribution in [1.29, 1.82) is 0 Å². The maximum atomic E-state index is 13.1. The predicted octanol–water partition coefficient (Wildman–Crippen LogP) is 4.16. The number of nitrogens with one attached hydrogen (secondary N) is 1. The fourth-order valence-corrected chi connectivity index (χ4v) is 3.50. The number of rotatable bonds is 6. The van der Waals surface area contributed by atoms with E-state index in [1.54, 1.807) is 11.0 Å². The molecule has 2 aromatic rings. The monoisotopic (exact) mass is 383 g/mol. The molecule has 0 spiro atoms. The highest BCUT2D eigenvalue weighted by Gasteiger charge is 2.23. The molecule has 1 heterocycles. The van der Waals surface area contributed by atoms with Crippen molar-refractivity contribution < 1.29 is 14.0 Å². The Morgan fingerprint density at radius 3 is 2.29 bits per heavy atom. The number of nitrogens with zero attached hydrogens (tertiary/aromatic N) is 2. The first-order chi connectivity index (χ1) is 13.5. The van der Waals surface area contributed by atoms with Crippen LogP contribution >= 0.6 is 0 Å². The molecule has 0 unspecified atom stereocenters. The van der Waals surface area contributed by atoms with Crippen molar-refractivity contribution in [2.24, 2.45) is 0 Å². The van der Waals surface area contributed by atoms with E-state index < -0.39 is 5.82 Å². The van der Waals surface area contributed by atoms with Crippen molar-refractivity contribution in [2.75, 3.05) is 36.4 Å². The van der Waals surface area contributed by atoms with Crippen LogP contribution < -0.4 is 10.2 Å². The SMILES string of the molecule is CCN(CC)C(=O)c1cc(NC(=O)c2ccc(F)cc2)ccc1N1CCCC1. The molecule has 1 fully saturated rings. The number of carbonyl (C=O) groups is 2. The Morgan fingerprint density at radius 1 is 1.04 bits per heavy atom. The summed E-state index contributed by atoms with van der Waals surface area (Å²) in [6.07, 6.45) is 2.23. The molecule has 0 bridgehead atoms. The smallest absolute Gasteiger partial charge is 0.256 e. The van der Waals surface area contributed by atoms with E-state index in [0.29, 0.717) is 29.9 Å². The van der Waals surface area contributed by atoms with Gasteiger partial charge in [0.15, 0.2) is 0 Å².